The maximum Gasteiger partial charge on any atom is 0.281 e. The lowest BCUT2D eigenvalue weighted by atomic mass is 10.1. The van der Waals surface area contributed by atoms with Crippen molar-refractivity contribution in [3.63, 3.8) is 0 Å². The van der Waals surface area contributed by atoms with Gasteiger partial charge in [0.15, 0.2) is 15.5 Å². The van der Waals surface area contributed by atoms with E-state index < -0.39 is 28.3 Å². The Bertz CT molecular complexity index is 996. The summed E-state index contributed by atoms with van der Waals surface area (Å²) in [4.78, 5) is 2.92. The zero-order chi connectivity index (χ0) is 18.4. The van der Waals surface area contributed by atoms with Crippen molar-refractivity contribution in [1.82, 2.24) is 0 Å². The first-order valence-electron chi connectivity index (χ1n) is 7.20. The number of nitrogens with zero attached hydrogens (tertiary/aromatic N) is 1. The van der Waals surface area contributed by atoms with Crippen LogP contribution in [0.15, 0.2) is 41.3 Å². The summed E-state index contributed by atoms with van der Waals surface area (Å²) in [5, 5.41) is 9.92. The summed E-state index contributed by atoms with van der Waals surface area (Å²) >= 11 is 0. The second kappa shape index (κ2) is 5.79. The van der Waals surface area contributed by atoms with Gasteiger partial charge in [-0.3, -0.25) is 0 Å². The number of fused-ring (bicyclic) bond motifs is 1. The van der Waals surface area contributed by atoms with Gasteiger partial charge in [-0.05, 0) is 24.3 Å². The first-order chi connectivity index (χ1) is 11.6. The van der Waals surface area contributed by atoms with Gasteiger partial charge >= 0.3 is 0 Å². The molecule has 0 unspecified atom stereocenters. The molecule has 0 saturated heterocycles. The van der Waals surface area contributed by atoms with E-state index >= 15 is 0 Å². The summed E-state index contributed by atoms with van der Waals surface area (Å²) in [6, 6.07) is 8.56. The van der Waals surface area contributed by atoms with Crippen LogP contribution in [0.3, 0.4) is 0 Å². The van der Waals surface area contributed by atoms with Crippen LogP contribution in [0.2, 0.25) is 0 Å². The second-order valence-electron chi connectivity index (χ2n) is 5.78. The molecule has 5 nitrogen and oxygen atoms in total. The van der Waals surface area contributed by atoms with E-state index in [0.29, 0.717) is 5.69 Å². The summed E-state index contributed by atoms with van der Waals surface area (Å²) < 4.78 is 57.3. The maximum absolute atomic E-state index is 14.0. The van der Waals surface area contributed by atoms with Gasteiger partial charge in [-0.1, -0.05) is 12.1 Å². The fourth-order valence-corrected chi connectivity index (χ4v) is 3.76. The topological polar surface area (TPSA) is 68.0 Å². The second-order valence-corrected chi connectivity index (χ2v) is 7.76. The van der Waals surface area contributed by atoms with Crippen LogP contribution in [0.5, 0.6) is 11.5 Å². The third kappa shape index (κ3) is 3.08. The molecule has 0 saturated carbocycles. The van der Waals surface area contributed by atoms with E-state index in [1.807, 2.05) is 0 Å². The molecular formula is C17H13F2NO4S. The molecule has 2 aromatic carbocycles. The zero-order valence-corrected chi connectivity index (χ0v) is 13.8. The molecule has 3 rings (SSSR count). The van der Waals surface area contributed by atoms with Gasteiger partial charge in [0.05, 0.1) is 11.5 Å². The lowest BCUT2D eigenvalue weighted by molar-refractivity contribution is -0.0976. The van der Waals surface area contributed by atoms with Crippen LogP contribution < -0.4 is 4.74 Å². The van der Waals surface area contributed by atoms with Crippen LogP contribution in [0.25, 0.3) is 4.85 Å². The number of alkyl halides is 2. The van der Waals surface area contributed by atoms with Crippen molar-refractivity contribution >= 4 is 15.5 Å². The van der Waals surface area contributed by atoms with E-state index in [1.54, 1.807) is 18.2 Å². The third-order valence-corrected chi connectivity index (χ3v) is 5.09. The van der Waals surface area contributed by atoms with Gasteiger partial charge in [0.25, 0.3) is 5.92 Å². The predicted octanol–water partition coefficient (Wildman–Crippen LogP) is 3.66. The monoisotopic (exact) mass is 365 g/mol. The highest BCUT2D eigenvalue weighted by Crippen LogP contribution is 2.49. The molecule has 0 radical (unpaired) electrons. The van der Waals surface area contributed by atoms with Crippen molar-refractivity contribution in [1.29, 1.82) is 0 Å². The number of hydrogen-bond donors (Lipinski definition) is 1. The number of aliphatic hydroxyl groups excluding tert-OH is 1. The van der Waals surface area contributed by atoms with Gasteiger partial charge in [-0.2, -0.15) is 0 Å². The van der Waals surface area contributed by atoms with Crippen LogP contribution >= 0.6 is 0 Å². The fraction of sp³-hybridized carbons (Fsp3) is 0.235. The minimum absolute atomic E-state index is 0.0285. The van der Waals surface area contributed by atoms with Gasteiger partial charge < -0.3 is 9.84 Å². The van der Waals surface area contributed by atoms with E-state index in [-0.39, 0.29) is 27.5 Å². The molecule has 2 aromatic rings. The Hall–Kier alpha value is -2.50. The molecule has 0 aliphatic heterocycles. The summed E-state index contributed by atoms with van der Waals surface area (Å²) in [6.45, 7) is 6.99. The summed E-state index contributed by atoms with van der Waals surface area (Å²) in [5.41, 5.74) is -0.0627. The Morgan fingerprint density at radius 3 is 2.68 bits per heavy atom. The lowest BCUT2D eigenvalue weighted by Gasteiger charge is -2.15. The minimum atomic E-state index is -3.80. The van der Waals surface area contributed by atoms with E-state index in [0.717, 1.165) is 12.3 Å². The molecule has 1 N–H and O–H groups in total. The third-order valence-electron chi connectivity index (χ3n) is 3.93. The number of hydrogen-bond acceptors (Lipinski definition) is 4. The molecule has 0 heterocycles. The number of halogens is 2. The quantitative estimate of drug-likeness (QED) is 0.843. The van der Waals surface area contributed by atoms with Crippen LogP contribution in [0.4, 0.5) is 14.5 Å². The Balaban J connectivity index is 2.13. The van der Waals surface area contributed by atoms with Gasteiger partial charge in [-0.15, -0.1) is 0 Å². The summed E-state index contributed by atoms with van der Waals surface area (Å²) in [7, 11) is -3.80. The largest absolute Gasteiger partial charge is 0.458 e. The molecule has 0 aromatic heterocycles. The van der Waals surface area contributed by atoms with Crippen molar-refractivity contribution in [2.75, 3.05) is 6.26 Å². The highest BCUT2D eigenvalue weighted by atomic mass is 32.2. The molecule has 130 valence electrons. The van der Waals surface area contributed by atoms with Crippen molar-refractivity contribution < 1.29 is 27.0 Å². The Morgan fingerprint density at radius 1 is 1.32 bits per heavy atom. The summed E-state index contributed by atoms with van der Waals surface area (Å²) in [5.74, 6) is -3.20. The fourth-order valence-electron chi connectivity index (χ4n) is 2.81. The maximum atomic E-state index is 14.0. The van der Waals surface area contributed by atoms with Crippen LogP contribution in [0.1, 0.15) is 17.2 Å². The Kier molecular flexibility index (Phi) is 4.01. The molecule has 25 heavy (non-hydrogen) atoms. The Labute approximate surface area is 143 Å². The highest BCUT2D eigenvalue weighted by molar-refractivity contribution is 7.90. The van der Waals surface area contributed by atoms with Crippen molar-refractivity contribution in [2.24, 2.45) is 0 Å². The van der Waals surface area contributed by atoms with E-state index in [9.17, 15) is 22.3 Å². The molecule has 0 spiro atoms. The SMILES string of the molecule is [C-]#[N+]c1cccc(Oc2ccc(S(C)(=O)=O)c3c2CC(F)(F)[C@H]3O)c1. The van der Waals surface area contributed by atoms with Crippen molar-refractivity contribution in [3.8, 4) is 11.5 Å². The predicted molar refractivity (Wildman–Crippen MR) is 85.9 cm³/mol. The smallest absolute Gasteiger partial charge is 0.281 e. The van der Waals surface area contributed by atoms with Crippen LogP contribution in [0, 0.1) is 6.57 Å². The molecule has 0 amide bonds. The molecule has 0 bridgehead atoms. The van der Waals surface area contributed by atoms with Crippen LogP contribution in [-0.2, 0) is 16.3 Å². The van der Waals surface area contributed by atoms with Crippen LogP contribution in [-0.4, -0.2) is 25.7 Å². The first-order valence-corrected chi connectivity index (χ1v) is 9.10. The molecule has 1 aliphatic carbocycles. The number of rotatable bonds is 3. The first kappa shape index (κ1) is 17.3. The van der Waals surface area contributed by atoms with E-state index in [2.05, 4.69) is 4.85 Å². The Morgan fingerprint density at radius 2 is 2.04 bits per heavy atom. The van der Waals surface area contributed by atoms with E-state index in [4.69, 9.17) is 11.3 Å². The minimum Gasteiger partial charge on any atom is -0.458 e. The zero-order valence-electron chi connectivity index (χ0n) is 13.0. The normalized spacial score (nSPS) is 18.4. The number of sulfone groups is 1. The molecule has 0 fully saturated rings. The molecular weight excluding hydrogens is 352 g/mol. The standard InChI is InChI=1S/C17H13F2NO4S/c1-20-10-4-3-5-11(8-10)24-13-6-7-14(25(2,22)23)15-12(13)9-17(18,19)16(15)21/h3-8,16,21H,9H2,2H3/t16-/m0/s1. The molecule has 8 heteroatoms. The number of ether oxygens (including phenoxy) is 1. The lowest BCUT2D eigenvalue weighted by Crippen LogP contribution is -2.22. The highest BCUT2D eigenvalue weighted by Gasteiger charge is 2.50. The average Bonchev–Trinajstić information content (AvgIpc) is 2.78. The number of benzene rings is 2. The van der Waals surface area contributed by atoms with Crippen molar-refractivity contribution in [2.45, 2.75) is 23.3 Å². The van der Waals surface area contributed by atoms with E-state index in [1.165, 1.54) is 12.1 Å². The van der Waals surface area contributed by atoms with Crippen molar-refractivity contribution in [3.05, 3.63) is 58.9 Å². The van der Waals surface area contributed by atoms with Gasteiger partial charge in [0.1, 0.15) is 17.6 Å². The van der Waals surface area contributed by atoms with Gasteiger partial charge in [-0.25, -0.2) is 22.0 Å². The number of aliphatic hydroxyl groups is 1. The van der Waals surface area contributed by atoms with Gasteiger partial charge in [0.2, 0.25) is 0 Å². The van der Waals surface area contributed by atoms with Gasteiger partial charge in [0, 0.05) is 23.8 Å². The molecule has 1 atom stereocenters. The molecule has 1 aliphatic rings. The average molecular weight is 365 g/mol. The summed E-state index contributed by atoms with van der Waals surface area (Å²) in [6.07, 6.45) is -2.15.